The Bertz CT molecular complexity index is 1040. The maximum absolute atomic E-state index is 13.3. The van der Waals surface area contributed by atoms with Gasteiger partial charge in [0.15, 0.2) is 0 Å². The monoisotopic (exact) mass is 662 g/mol. The summed E-state index contributed by atoms with van der Waals surface area (Å²) in [6, 6.07) is -8.00. The zero-order chi connectivity index (χ0) is 35.0. The highest BCUT2D eigenvalue weighted by molar-refractivity contribution is 7.80. The summed E-state index contributed by atoms with van der Waals surface area (Å²) in [6.45, 7) is 9.67. The Balaban J connectivity index is 5.94. The largest absolute Gasteiger partial charge is 0.481 e. The molecule has 10 N–H and O–H groups in total. The second kappa shape index (κ2) is 20.6. The van der Waals surface area contributed by atoms with Crippen LogP contribution < -0.4 is 32.3 Å². The standard InChI is InChI=1S/C28H50N6O10S/c1-13(2)7-17(30-23(38)16(29)12-45)24(39)32-19(10-22(36)37)26(41)31-18(8-14(3)4)25(40)34-21(11-35)27(42)33-20(28(43)44)9-15(5)6/h13-21,35,45H,7-12,29H2,1-6H3,(H,30,38)(H,31,41)(H,32,39)(H,33,42)(H,34,40)(H,36,37)(H,43,44)/t16-,17-,18-,19-,20-,21-/m0/s1. The number of carbonyl (C=O) groups excluding carboxylic acids is 5. The van der Waals surface area contributed by atoms with Gasteiger partial charge in [0.1, 0.15) is 30.2 Å². The Morgan fingerprint density at radius 2 is 0.911 bits per heavy atom. The van der Waals surface area contributed by atoms with Crippen molar-refractivity contribution in [2.45, 2.75) is 103 Å². The van der Waals surface area contributed by atoms with Crippen LogP contribution in [0.4, 0.5) is 0 Å². The number of thiol groups is 1. The molecule has 0 aromatic rings. The summed E-state index contributed by atoms with van der Waals surface area (Å²) in [6.07, 6.45) is -0.606. The smallest absolute Gasteiger partial charge is 0.326 e. The molecule has 17 heteroatoms. The average Bonchev–Trinajstić information content (AvgIpc) is 2.92. The summed E-state index contributed by atoms with van der Waals surface area (Å²) in [5.74, 6) is -7.51. The highest BCUT2D eigenvalue weighted by atomic mass is 32.1. The topological polar surface area (TPSA) is 266 Å². The normalized spacial score (nSPS) is 15.3. The van der Waals surface area contributed by atoms with Crippen LogP contribution in [0.25, 0.3) is 0 Å². The molecule has 0 heterocycles. The van der Waals surface area contributed by atoms with Gasteiger partial charge in [-0.05, 0) is 37.0 Å². The highest BCUT2D eigenvalue weighted by Crippen LogP contribution is 2.10. The number of aliphatic hydroxyl groups excluding tert-OH is 1. The Morgan fingerprint density at radius 3 is 1.29 bits per heavy atom. The van der Waals surface area contributed by atoms with Gasteiger partial charge in [-0.15, -0.1) is 0 Å². The van der Waals surface area contributed by atoms with Crippen molar-refractivity contribution < 1.29 is 48.9 Å². The second-order valence-corrected chi connectivity index (χ2v) is 12.5. The van der Waals surface area contributed by atoms with Crippen molar-refractivity contribution in [3.63, 3.8) is 0 Å². The van der Waals surface area contributed by atoms with Crippen molar-refractivity contribution in [2.75, 3.05) is 12.4 Å². The number of hydrogen-bond donors (Lipinski definition) is 10. The van der Waals surface area contributed by atoms with E-state index in [1.54, 1.807) is 41.5 Å². The molecule has 0 saturated heterocycles. The molecule has 16 nitrogen and oxygen atoms in total. The Morgan fingerprint density at radius 1 is 0.578 bits per heavy atom. The summed E-state index contributed by atoms with van der Waals surface area (Å²) < 4.78 is 0. The first-order chi connectivity index (χ1) is 20.8. The lowest BCUT2D eigenvalue weighted by atomic mass is 10.0. The molecule has 0 spiro atoms. The quantitative estimate of drug-likeness (QED) is 0.0623. The van der Waals surface area contributed by atoms with Gasteiger partial charge in [0, 0.05) is 5.75 Å². The molecule has 0 fully saturated rings. The molecule has 0 radical (unpaired) electrons. The van der Waals surface area contributed by atoms with E-state index in [1.165, 1.54) is 0 Å². The van der Waals surface area contributed by atoms with Crippen LogP contribution in [-0.2, 0) is 33.6 Å². The van der Waals surface area contributed by atoms with Crippen LogP contribution in [0.3, 0.4) is 0 Å². The Kier molecular flexibility index (Phi) is 19.0. The molecule has 0 aliphatic carbocycles. The first-order valence-corrected chi connectivity index (χ1v) is 15.4. The van der Waals surface area contributed by atoms with E-state index in [-0.39, 0.29) is 42.8 Å². The van der Waals surface area contributed by atoms with Gasteiger partial charge >= 0.3 is 11.9 Å². The molecule has 0 aromatic heterocycles. The lowest BCUT2D eigenvalue weighted by Crippen LogP contribution is -2.60. The minimum absolute atomic E-state index is 0.00207. The van der Waals surface area contributed by atoms with Gasteiger partial charge in [0.25, 0.3) is 0 Å². The lowest BCUT2D eigenvalue weighted by Gasteiger charge is -2.27. The van der Waals surface area contributed by atoms with Crippen LogP contribution in [-0.4, -0.2) is 105 Å². The van der Waals surface area contributed by atoms with Crippen molar-refractivity contribution in [1.82, 2.24) is 26.6 Å². The van der Waals surface area contributed by atoms with E-state index < -0.39 is 90.8 Å². The van der Waals surface area contributed by atoms with Crippen LogP contribution in [0.2, 0.25) is 0 Å². The van der Waals surface area contributed by atoms with Crippen molar-refractivity contribution in [3.8, 4) is 0 Å². The third kappa shape index (κ3) is 16.4. The van der Waals surface area contributed by atoms with E-state index in [2.05, 4.69) is 39.2 Å². The predicted molar refractivity (Wildman–Crippen MR) is 167 cm³/mol. The summed E-state index contributed by atoms with van der Waals surface area (Å²) in [7, 11) is 0. The number of carboxylic acids is 2. The maximum Gasteiger partial charge on any atom is 0.326 e. The second-order valence-electron chi connectivity index (χ2n) is 12.1. The number of hydrogen-bond acceptors (Lipinski definition) is 10. The minimum atomic E-state index is -1.66. The molecular weight excluding hydrogens is 612 g/mol. The zero-order valence-corrected chi connectivity index (χ0v) is 27.6. The number of amides is 5. The fraction of sp³-hybridized carbons (Fsp3) is 0.750. The number of nitrogens with two attached hydrogens (primary N) is 1. The maximum atomic E-state index is 13.3. The van der Waals surface area contributed by atoms with Gasteiger partial charge in [-0.25, -0.2) is 4.79 Å². The van der Waals surface area contributed by atoms with Crippen LogP contribution in [0, 0.1) is 17.8 Å². The van der Waals surface area contributed by atoms with Gasteiger partial charge in [-0.2, -0.15) is 12.6 Å². The van der Waals surface area contributed by atoms with Crippen LogP contribution >= 0.6 is 12.6 Å². The Labute approximate surface area is 268 Å². The molecule has 0 rings (SSSR count). The van der Waals surface area contributed by atoms with Gasteiger partial charge < -0.3 is 47.6 Å². The van der Waals surface area contributed by atoms with E-state index in [9.17, 15) is 48.9 Å². The summed E-state index contributed by atoms with van der Waals surface area (Å²) in [5.41, 5.74) is 5.69. The summed E-state index contributed by atoms with van der Waals surface area (Å²) >= 11 is 3.97. The fourth-order valence-corrected chi connectivity index (χ4v) is 4.29. The highest BCUT2D eigenvalue weighted by Gasteiger charge is 2.34. The van der Waals surface area contributed by atoms with Crippen molar-refractivity contribution >= 4 is 54.1 Å². The summed E-state index contributed by atoms with van der Waals surface area (Å²) in [4.78, 5) is 87.8. The molecule has 0 aliphatic heterocycles. The molecular formula is C28H50N6O10S. The average molecular weight is 663 g/mol. The van der Waals surface area contributed by atoms with E-state index >= 15 is 0 Å². The van der Waals surface area contributed by atoms with Crippen molar-refractivity contribution in [1.29, 1.82) is 0 Å². The number of carbonyl (C=O) groups is 7. The molecule has 5 amide bonds. The number of carboxylic acid groups (broad SMARTS) is 2. The van der Waals surface area contributed by atoms with Gasteiger partial charge in [-0.1, -0.05) is 41.5 Å². The first-order valence-electron chi connectivity index (χ1n) is 14.8. The molecule has 6 atom stereocenters. The molecule has 0 bridgehead atoms. The number of nitrogens with one attached hydrogen (secondary N) is 5. The third-order valence-electron chi connectivity index (χ3n) is 6.36. The fourth-order valence-electron chi connectivity index (χ4n) is 4.13. The molecule has 0 saturated carbocycles. The van der Waals surface area contributed by atoms with E-state index in [0.29, 0.717) is 0 Å². The minimum Gasteiger partial charge on any atom is -0.481 e. The van der Waals surface area contributed by atoms with Crippen LogP contribution in [0.5, 0.6) is 0 Å². The van der Waals surface area contributed by atoms with Gasteiger partial charge in [0.2, 0.25) is 29.5 Å². The lowest BCUT2D eigenvalue weighted by molar-refractivity contribution is -0.143. The SMILES string of the molecule is CC(C)C[C@H](NC(=O)[C@H](CO)NC(=O)[C@H](CC(C)C)NC(=O)[C@H](CC(=O)O)NC(=O)[C@H](CC(C)C)NC(=O)[C@@H](N)CS)C(=O)O. The number of aliphatic carboxylic acids is 2. The number of aliphatic hydroxyl groups is 1. The molecule has 0 unspecified atom stereocenters. The zero-order valence-electron chi connectivity index (χ0n) is 26.7. The number of rotatable bonds is 21. The van der Waals surface area contributed by atoms with Crippen LogP contribution in [0.1, 0.15) is 67.2 Å². The molecule has 258 valence electrons. The van der Waals surface area contributed by atoms with Crippen LogP contribution in [0.15, 0.2) is 0 Å². The van der Waals surface area contributed by atoms with E-state index in [4.69, 9.17) is 5.73 Å². The van der Waals surface area contributed by atoms with Crippen molar-refractivity contribution in [3.05, 3.63) is 0 Å². The van der Waals surface area contributed by atoms with E-state index in [0.717, 1.165) is 0 Å². The molecule has 45 heavy (non-hydrogen) atoms. The molecule has 0 aromatic carbocycles. The van der Waals surface area contributed by atoms with Crippen molar-refractivity contribution in [2.24, 2.45) is 23.5 Å². The third-order valence-corrected chi connectivity index (χ3v) is 6.76. The Hall–Kier alpha value is -3.44. The predicted octanol–water partition coefficient (Wildman–Crippen LogP) is -1.64. The first kappa shape index (κ1) is 41.6. The van der Waals surface area contributed by atoms with E-state index in [1.807, 2.05) is 0 Å². The molecule has 0 aliphatic rings. The summed E-state index contributed by atoms with van der Waals surface area (Å²) in [5, 5.41) is 40.4. The van der Waals surface area contributed by atoms with Gasteiger partial charge in [0.05, 0.1) is 19.1 Å². The van der Waals surface area contributed by atoms with Gasteiger partial charge in [-0.3, -0.25) is 28.8 Å².